The molecule has 2 unspecified atom stereocenters. The van der Waals surface area contributed by atoms with Crippen molar-refractivity contribution in [1.29, 1.82) is 0 Å². The summed E-state index contributed by atoms with van der Waals surface area (Å²) in [7, 11) is 1.32. The van der Waals surface area contributed by atoms with Gasteiger partial charge in [-0.25, -0.2) is 14.4 Å². The molecule has 0 spiro atoms. The van der Waals surface area contributed by atoms with E-state index in [0.29, 0.717) is 47.2 Å². The van der Waals surface area contributed by atoms with Crippen LogP contribution < -0.4 is 11.1 Å². The van der Waals surface area contributed by atoms with Crippen molar-refractivity contribution in [2.45, 2.75) is 19.8 Å². The number of carbonyl (C=O) groups is 4. The predicted octanol–water partition coefficient (Wildman–Crippen LogP) is 1.71. The second-order valence-electron chi connectivity index (χ2n) is 7.68. The van der Waals surface area contributed by atoms with Crippen LogP contribution in [-0.4, -0.2) is 74.1 Å². The van der Waals surface area contributed by atoms with E-state index < -0.39 is 35.2 Å². The number of methoxy groups -OCH3 is 1. The van der Waals surface area contributed by atoms with Gasteiger partial charge in [-0.2, -0.15) is 0 Å². The fourth-order valence-electron chi connectivity index (χ4n) is 3.59. The summed E-state index contributed by atoms with van der Waals surface area (Å²) in [5.74, 6) is -4.15. The van der Waals surface area contributed by atoms with E-state index in [4.69, 9.17) is 41.8 Å². The van der Waals surface area contributed by atoms with Gasteiger partial charge in [-0.3, -0.25) is 4.79 Å². The van der Waals surface area contributed by atoms with E-state index >= 15 is 0 Å². The van der Waals surface area contributed by atoms with Gasteiger partial charge in [0.15, 0.2) is 0 Å². The second kappa shape index (κ2) is 14.9. The fourth-order valence-corrected chi connectivity index (χ4v) is 3.84. The topological polar surface area (TPSA) is 174 Å². The quantitative estimate of drug-likeness (QED) is 0.198. The van der Waals surface area contributed by atoms with E-state index in [9.17, 15) is 19.2 Å². The number of benzene rings is 1. The first-order valence-corrected chi connectivity index (χ1v) is 11.3. The summed E-state index contributed by atoms with van der Waals surface area (Å²) in [5.41, 5.74) is 5.94. The molecule has 36 heavy (non-hydrogen) atoms. The molecule has 0 saturated heterocycles. The lowest BCUT2D eigenvalue weighted by atomic mass is 9.67. The Morgan fingerprint density at radius 1 is 1.19 bits per heavy atom. The number of nitrogens with two attached hydrogens (primary N) is 1. The molecule has 0 fully saturated rings. The molecular formula is C24H31ClN2O9. The molecular weight excluding hydrogens is 496 g/mol. The number of carboxylic acid groups (broad SMARTS) is 2. The van der Waals surface area contributed by atoms with E-state index in [1.165, 1.54) is 7.11 Å². The Morgan fingerprint density at radius 3 is 2.31 bits per heavy atom. The number of hydrogen-bond acceptors (Lipinski definition) is 9. The van der Waals surface area contributed by atoms with Crippen LogP contribution in [0.4, 0.5) is 0 Å². The van der Waals surface area contributed by atoms with Gasteiger partial charge in [0.05, 0.1) is 37.9 Å². The number of carboxylic acids is 2. The van der Waals surface area contributed by atoms with Gasteiger partial charge < -0.3 is 35.5 Å². The Balaban J connectivity index is 0.000000697. The lowest BCUT2D eigenvalue weighted by Gasteiger charge is -2.42. The standard InChI is InChI=1S/C20H27ClN2O5.C4H4O4/c1-4-28-18(24)16-15(11-27-10-9-22)23-12-20(2,19(25)26-3)17(16)13-7-5-6-8-14(13)21;5-3(6)1-2-4(7)8/h5-8,17,23H,4,9-12,22H2,1-3H3;1-2H,(H,5,6)(H,7,8)/b;2-1-. The SMILES string of the molecule is CCOC(=O)C1=C(COCCN)NCC(C)(C(=O)OC)C1c1ccccc1Cl.O=C(O)/C=C\C(=O)O. The van der Waals surface area contributed by atoms with E-state index in [1.54, 1.807) is 32.0 Å². The fraction of sp³-hybridized carbons (Fsp3) is 0.417. The highest BCUT2D eigenvalue weighted by atomic mass is 35.5. The monoisotopic (exact) mass is 526 g/mol. The summed E-state index contributed by atoms with van der Waals surface area (Å²) in [6.45, 7) is 4.76. The first-order valence-electron chi connectivity index (χ1n) is 10.9. The van der Waals surface area contributed by atoms with Crippen LogP contribution in [0.2, 0.25) is 5.02 Å². The Labute approximate surface area is 213 Å². The summed E-state index contributed by atoms with van der Waals surface area (Å²) in [6.07, 6.45) is 1.12. The lowest BCUT2D eigenvalue weighted by Crippen LogP contribution is -2.50. The molecule has 1 heterocycles. The number of rotatable bonds is 10. The van der Waals surface area contributed by atoms with Gasteiger partial charge in [0.25, 0.3) is 0 Å². The van der Waals surface area contributed by atoms with Crippen LogP contribution in [0.15, 0.2) is 47.7 Å². The lowest BCUT2D eigenvalue weighted by molar-refractivity contribution is -0.153. The number of halogens is 1. The van der Waals surface area contributed by atoms with E-state index in [-0.39, 0.29) is 19.8 Å². The molecule has 0 aromatic heterocycles. The molecule has 5 N–H and O–H groups in total. The number of nitrogens with one attached hydrogen (secondary N) is 1. The average Bonchev–Trinajstić information content (AvgIpc) is 2.84. The molecule has 0 amide bonds. The highest BCUT2D eigenvalue weighted by molar-refractivity contribution is 6.31. The smallest absolute Gasteiger partial charge is 0.336 e. The van der Waals surface area contributed by atoms with Gasteiger partial charge in [-0.1, -0.05) is 29.8 Å². The van der Waals surface area contributed by atoms with Crippen LogP contribution in [0.3, 0.4) is 0 Å². The summed E-state index contributed by atoms with van der Waals surface area (Å²) in [5, 5.41) is 19.2. The maximum Gasteiger partial charge on any atom is 0.336 e. The van der Waals surface area contributed by atoms with Gasteiger partial charge in [-0.15, -0.1) is 0 Å². The molecule has 0 bridgehead atoms. The minimum Gasteiger partial charge on any atom is -0.478 e. The number of ether oxygens (including phenoxy) is 3. The molecule has 1 aliphatic rings. The van der Waals surface area contributed by atoms with Crippen molar-refractivity contribution in [3.8, 4) is 0 Å². The zero-order chi connectivity index (χ0) is 27.3. The molecule has 0 saturated carbocycles. The zero-order valence-electron chi connectivity index (χ0n) is 20.3. The third-order valence-corrected chi connectivity index (χ3v) is 5.50. The summed E-state index contributed by atoms with van der Waals surface area (Å²) < 4.78 is 15.9. The maximum absolute atomic E-state index is 12.9. The van der Waals surface area contributed by atoms with E-state index in [1.807, 2.05) is 6.07 Å². The number of carbonyl (C=O) groups excluding carboxylic acids is 2. The van der Waals surface area contributed by atoms with Gasteiger partial charge in [0.2, 0.25) is 0 Å². The average molecular weight is 527 g/mol. The van der Waals surface area contributed by atoms with Crippen LogP contribution in [0.5, 0.6) is 0 Å². The Hall–Kier alpha value is -3.41. The molecule has 198 valence electrons. The van der Waals surface area contributed by atoms with Crippen LogP contribution in [0, 0.1) is 5.41 Å². The van der Waals surface area contributed by atoms with Crippen LogP contribution in [0.25, 0.3) is 0 Å². The van der Waals surface area contributed by atoms with Crippen molar-refractivity contribution in [1.82, 2.24) is 5.32 Å². The molecule has 1 aliphatic heterocycles. The molecule has 11 nitrogen and oxygen atoms in total. The van der Waals surface area contributed by atoms with Gasteiger partial charge in [0.1, 0.15) is 0 Å². The van der Waals surface area contributed by atoms with Crippen molar-refractivity contribution < 1.29 is 43.6 Å². The van der Waals surface area contributed by atoms with Crippen LogP contribution >= 0.6 is 11.6 Å². The first kappa shape index (κ1) is 30.6. The summed E-state index contributed by atoms with van der Waals surface area (Å²) >= 11 is 6.46. The number of aliphatic carboxylic acids is 2. The summed E-state index contributed by atoms with van der Waals surface area (Å²) in [6, 6.07) is 7.14. The molecule has 12 heteroatoms. The van der Waals surface area contributed by atoms with Crippen molar-refractivity contribution in [2.75, 3.05) is 40.0 Å². The third-order valence-electron chi connectivity index (χ3n) is 5.16. The van der Waals surface area contributed by atoms with E-state index in [2.05, 4.69) is 5.32 Å². The van der Waals surface area contributed by atoms with Crippen LogP contribution in [0.1, 0.15) is 25.3 Å². The molecule has 2 rings (SSSR count). The van der Waals surface area contributed by atoms with Crippen molar-refractivity contribution in [3.05, 3.63) is 58.3 Å². The third kappa shape index (κ3) is 8.36. The minimum absolute atomic E-state index is 0.142. The van der Waals surface area contributed by atoms with Crippen LogP contribution in [-0.2, 0) is 33.4 Å². The maximum atomic E-state index is 12.9. The van der Waals surface area contributed by atoms with Gasteiger partial charge in [-0.05, 0) is 25.5 Å². The van der Waals surface area contributed by atoms with Crippen molar-refractivity contribution in [2.24, 2.45) is 11.1 Å². The predicted molar refractivity (Wildman–Crippen MR) is 130 cm³/mol. The molecule has 0 aliphatic carbocycles. The van der Waals surface area contributed by atoms with Gasteiger partial charge in [0, 0.05) is 41.9 Å². The van der Waals surface area contributed by atoms with E-state index in [0.717, 1.165) is 0 Å². The van der Waals surface area contributed by atoms with Gasteiger partial charge >= 0.3 is 23.9 Å². The highest BCUT2D eigenvalue weighted by Crippen LogP contribution is 2.47. The second-order valence-corrected chi connectivity index (χ2v) is 8.09. The van der Waals surface area contributed by atoms with Crippen molar-refractivity contribution in [3.63, 3.8) is 0 Å². The largest absolute Gasteiger partial charge is 0.478 e. The normalized spacial score (nSPS) is 19.1. The number of hydrogen-bond donors (Lipinski definition) is 4. The van der Waals surface area contributed by atoms with Crippen molar-refractivity contribution >= 4 is 35.5 Å². The zero-order valence-corrected chi connectivity index (χ0v) is 21.0. The Morgan fingerprint density at radius 2 is 1.81 bits per heavy atom. The Kier molecular flexibility index (Phi) is 12.6. The Bertz CT molecular complexity index is 993. The molecule has 1 aromatic carbocycles. The first-order chi connectivity index (χ1) is 17.0. The molecule has 1 aromatic rings. The number of esters is 2. The summed E-state index contributed by atoms with van der Waals surface area (Å²) in [4.78, 5) is 44.8. The highest BCUT2D eigenvalue weighted by Gasteiger charge is 2.51. The minimum atomic E-state index is -1.26. The molecule has 2 atom stereocenters. The molecule has 0 radical (unpaired) electrons.